The van der Waals surface area contributed by atoms with Crippen LogP contribution in [0.25, 0.3) is 0 Å². The first-order valence-electron chi connectivity index (χ1n) is 10.0. The Bertz CT molecular complexity index is 913. The van der Waals surface area contributed by atoms with Gasteiger partial charge in [0, 0.05) is 38.6 Å². The van der Waals surface area contributed by atoms with Crippen molar-refractivity contribution in [2.75, 3.05) is 36.9 Å². The lowest BCUT2D eigenvalue weighted by Crippen LogP contribution is -2.39. The van der Waals surface area contributed by atoms with Gasteiger partial charge in [-0.2, -0.15) is 0 Å². The number of halogens is 2. The van der Waals surface area contributed by atoms with Gasteiger partial charge in [-0.1, -0.05) is 0 Å². The van der Waals surface area contributed by atoms with E-state index >= 15 is 0 Å². The van der Waals surface area contributed by atoms with Gasteiger partial charge in [-0.25, -0.2) is 13.8 Å². The number of benzene rings is 1. The van der Waals surface area contributed by atoms with E-state index in [2.05, 4.69) is 15.2 Å². The number of aromatic nitrogens is 1. The van der Waals surface area contributed by atoms with Gasteiger partial charge in [0.15, 0.2) is 11.6 Å². The third-order valence-corrected chi connectivity index (χ3v) is 5.38. The largest absolute Gasteiger partial charge is 0.487 e. The Balaban J connectivity index is 1.38. The van der Waals surface area contributed by atoms with Gasteiger partial charge in [0.05, 0.1) is 30.2 Å². The third kappa shape index (κ3) is 4.62. The molecule has 0 bridgehead atoms. The minimum atomic E-state index is -0.709. The summed E-state index contributed by atoms with van der Waals surface area (Å²) in [5, 5.41) is 2.92. The van der Waals surface area contributed by atoms with Crippen molar-refractivity contribution in [3.05, 3.63) is 47.8 Å². The SMILES string of the molecule is Nc1cnc(C(=O)N[C@@H]2CCOC2)cc1N1CCC(Oc2ccc(F)cc2F)CC1. The number of rotatable bonds is 5. The molecule has 9 heteroatoms. The van der Waals surface area contributed by atoms with Gasteiger partial charge in [0.1, 0.15) is 17.6 Å². The number of nitrogen functional groups attached to an aromatic ring is 1. The molecule has 0 radical (unpaired) electrons. The van der Waals surface area contributed by atoms with Gasteiger partial charge in [0.2, 0.25) is 0 Å². The molecule has 0 aliphatic carbocycles. The molecule has 2 aliphatic heterocycles. The van der Waals surface area contributed by atoms with Crippen molar-refractivity contribution in [3.63, 3.8) is 0 Å². The number of hydrogen-bond acceptors (Lipinski definition) is 6. The first kappa shape index (κ1) is 20.3. The Hall–Kier alpha value is -2.94. The summed E-state index contributed by atoms with van der Waals surface area (Å²) in [5.74, 6) is -1.55. The molecule has 160 valence electrons. The summed E-state index contributed by atoms with van der Waals surface area (Å²) in [5.41, 5.74) is 7.63. The van der Waals surface area contributed by atoms with E-state index in [4.69, 9.17) is 15.2 Å². The lowest BCUT2D eigenvalue weighted by atomic mass is 10.1. The van der Waals surface area contributed by atoms with Crippen molar-refractivity contribution >= 4 is 17.3 Å². The molecule has 4 rings (SSSR count). The topological polar surface area (TPSA) is 89.7 Å². The van der Waals surface area contributed by atoms with Crippen LogP contribution in [-0.2, 0) is 4.74 Å². The van der Waals surface area contributed by atoms with Crippen LogP contribution in [0, 0.1) is 11.6 Å². The molecule has 3 heterocycles. The molecule has 1 aromatic carbocycles. The Morgan fingerprint density at radius 2 is 2.03 bits per heavy atom. The van der Waals surface area contributed by atoms with Gasteiger partial charge in [-0.05, 0) is 24.6 Å². The molecule has 1 amide bonds. The lowest BCUT2D eigenvalue weighted by Gasteiger charge is -2.34. The Kier molecular flexibility index (Phi) is 5.98. The highest BCUT2D eigenvalue weighted by atomic mass is 19.1. The maximum atomic E-state index is 13.8. The molecule has 2 aliphatic rings. The van der Waals surface area contributed by atoms with Crippen LogP contribution in [0.1, 0.15) is 29.8 Å². The number of ether oxygens (including phenoxy) is 2. The molecule has 0 saturated carbocycles. The summed E-state index contributed by atoms with van der Waals surface area (Å²) >= 11 is 0. The quantitative estimate of drug-likeness (QED) is 0.776. The fourth-order valence-corrected chi connectivity index (χ4v) is 3.73. The van der Waals surface area contributed by atoms with Crippen LogP contribution in [0.5, 0.6) is 5.75 Å². The first-order chi connectivity index (χ1) is 14.5. The first-order valence-corrected chi connectivity index (χ1v) is 10.0. The number of nitrogens with two attached hydrogens (primary N) is 1. The van der Waals surface area contributed by atoms with Gasteiger partial charge in [-0.15, -0.1) is 0 Å². The average Bonchev–Trinajstić information content (AvgIpc) is 3.24. The van der Waals surface area contributed by atoms with Crippen LogP contribution in [0.2, 0.25) is 0 Å². The molecular formula is C21H24F2N4O3. The molecule has 2 saturated heterocycles. The highest BCUT2D eigenvalue weighted by Crippen LogP contribution is 2.29. The van der Waals surface area contributed by atoms with Crippen LogP contribution in [0.15, 0.2) is 30.5 Å². The number of nitrogens with zero attached hydrogens (tertiary/aromatic N) is 2. The highest BCUT2D eigenvalue weighted by Gasteiger charge is 2.25. The summed E-state index contributed by atoms with van der Waals surface area (Å²) in [7, 11) is 0. The molecule has 1 aromatic heterocycles. The monoisotopic (exact) mass is 418 g/mol. The minimum Gasteiger partial charge on any atom is -0.487 e. The van der Waals surface area contributed by atoms with E-state index in [0.717, 1.165) is 18.2 Å². The van der Waals surface area contributed by atoms with Crippen LogP contribution in [-0.4, -0.2) is 49.3 Å². The zero-order chi connectivity index (χ0) is 21.1. The lowest BCUT2D eigenvalue weighted by molar-refractivity contribution is 0.0925. The Morgan fingerprint density at radius 3 is 2.73 bits per heavy atom. The number of carbonyl (C=O) groups excluding carboxylic acids is 1. The van der Waals surface area contributed by atoms with Crippen LogP contribution in [0.4, 0.5) is 20.2 Å². The average molecular weight is 418 g/mol. The van der Waals surface area contributed by atoms with Crippen molar-refractivity contribution in [2.24, 2.45) is 0 Å². The summed E-state index contributed by atoms with van der Waals surface area (Å²) in [6.45, 7) is 2.40. The van der Waals surface area contributed by atoms with Gasteiger partial charge in [0.25, 0.3) is 5.91 Å². The van der Waals surface area contributed by atoms with E-state index in [1.807, 2.05) is 0 Å². The maximum Gasteiger partial charge on any atom is 0.270 e. The smallest absolute Gasteiger partial charge is 0.270 e. The van der Waals surface area contributed by atoms with E-state index in [1.54, 1.807) is 6.07 Å². The number of pyridine rings is 1. The number of nitrogens with one attached hydrogen (secondary N) is 1. The molecule has 0 unspecified atom stereocenters. The predicted octanol–water partition coefficient (Wildman–Crippen LogP) is 2.51. The van der Waals surface area contributed by atoms with Crippen LogP contribution < -0.4 is 20.7 Å². The molecule has 30 heavy (non-hydrogen) atoms. The van der Waals surface area contributed by atoms with Crippen molar-refractivity contribution in [1.82, 2.24) is 10.3 Å². The van der Waals surface area contributed by atoms with Crippen molar-refractivity contribution in [1.29, 1.82) is 0 Å². The zero-order valence-electron chi connectivity index (χ0n) is 16.4. The predicted molar refractivity (Wildman–Crippen MR) is 108 cm³/mol. The second-order valence-corrected chi connectivity index (χ2v) is 7.54. The number of piperidine rings is 1. The standard InChI is InChI=1S/C21H24F2N4O3/c22-13-1-2-20(16(23)9-13)30-15-3-6-27(7-4-15)19-10-18(25-11-17(19)24)21(28)26-14-5-8-29-12-14/h1-2,9-11,14-15H,3-8,12,24H2,(H,26,28)/t14-/m1/s1. The molecule has 3 N–H and O–H groups in total. The molecule has 1 atom stereocenters. The molecule has 2 aromatic rings. The van der Waals surface area contributed by atoms with E-state index in [0.29, 0.717) is 50.5 Å². The van der Waals surface area contributed by atoms with Crippen molar-refractivity contribution in [3.8, 4) is 5.75 Å². The maximum absolute atomic E-state index is 13.8. The minimum absolute atomic E-state index is 0.0000498. The van der Waals surface area contributed by atoms with E-state index in [-0.39, 0.29) is 23.8 Å². The fraction of sp³-hybridized carbons (Fsp3) is 0.429. The van der Waals surface area contributed by atoms with Crippen molar-refractivity contribution < 1.29 is 23.0 Å². The summed E-state index contributed by atoms with van der Waals surface area (Å²) in [6, 6.07) is 4.99. The summed E-state index contributed by atoms with van der Waals surface area (Å²) in [6.07, 6.45) is 3.37. The Labute approximate surface area is 173 Å². The normalized spacial score (nSPS) is 19.7. The zero-order valence-corrected chi connectivity index (χ0v) is 16.4. The third-order valence-electron chi connectivity index (χ3n) is 5.38. The molecule has 7 nitrogen and oxygen atoms in total. The van der Waals surface area contributed by atoms with E-state index in [1.165, 1.54) is 18.3 Å². The van der Waals surface area contributed by atoms with E-state index in [9.17, 15) is 13.6 Å². The summed E-state index contributed by atoms with van der Waals surface area (Å²) < 4.78 is 37.9. The number of carbonyl (C=O) groups is 1. The van der Waals surface area contributed by atoms with E-state index < -0.39 is 11.6 Å². The number of anilines is 2. The summed E-state index contributed by atoms with van der Waals surface area (Å²) in [4.78, 5) is 18.7. The highest BCUT2D eigenvalue weighted by molar-refractivity contribution is 5.94. The van der Waals surface area contributed by atoms with Gasteiger partial charge in [-0.3, -0.25) is 4.79 Å². The number of amides is 1. The van der Waals surface area contributed by atoms with Crippen LogP contribution in [0.3, 0.4) is 0 Å². The van der Waals surface area contributed by atoms with Crippen molar-refractivity contribution in [2.45, 2.75) is 31.4 Å². The molecular weight excluding hydrogens is 394 g/mol. The van der Waals surface area contributed by atoms with Gasteiger partial charge >= 0.3 is 0 Å². The molecule has 2 fully saturated rings. The number of hydrogen-bond donors (Lipinski definition) is 2. The van der Waals surface area contributed by atoms with Gasteiger partial charge < -0.3 is 25.4 Å². The molecule has 0 spiro atoms. The van der Waals surface area contributed by atoms with Crippen LogP contribution >= 0.6 is 0 Å². The Morgan fingerprint density at radius 1 is 1.23 bits per heavy atom. The second-order valence-electron chi connectivity index (χ2n) is 7.54. The second kappa shape index (κ2) is 8.83. The fourth-order valence-electron chi connectivity index (χ4n) is 3.73.